The van der Waals surface area contributed by atoms with E-state index in [9.17, 15) is 5.11 Å². The van der Waals surface area contributed by atoms with Crippen LogP contribution in [0.25, 0.3) is 26.5 Å². The summed E-state index contributed by atoms with van der Waals surface area (Å²) in [6.07, 6.45) is 4.11. The zero-order chi connectivity index (χ0) is 16.5. The highest BCUT2D eigenvalue weighted by Crippen LogP contribution is 2.34. The summed E-state index contributed by atoms with van der Waals surface area (Å²) in [4.78, 5) is 0. The number of unbranched alkanes of at least 4 members (excludes halogenated alkanes) is 1. The average Bonchev–Trinajstić information content (AvgIpc) is 3.19. The molecule has 3 nitrogen and oxygen atoms in total. The van der Waals surface area contributed by atoms with Gasteiger partial charge < -0.3 is 9.84 Å². The van der Waals surface area contributed by atoms with Gasteiger partial charge in [-0.05, 0) is 59.7 Å². The van der Waals surface area contributed by atoms with Crippen LogP contribution in [0, 0.1) is 0 Å². The lowest BCUT2D eigenvalue weighted by molar-refractivity contribution is 0.309. The number of ether oxygens (including phenoxy) is 1. The van der Waals surface area contributed by atoms with E-state index in [1.807, 2.05) is 35.0 Å². The summed E-state index contributed by atoms with van der Waals surface area (Å²) in [6, 6.07) is 14.2. The van der Waals surface area contributed by atoms with Crippen LogP contribution in [0.2, 0.25) is 0 Å². The number of aromatic hydroxyl groups is 1. The number of rotatable bonds is 5. The molecule has 2 aromatic carbocycles. The number of aromatic nitrogens is 1. The average molecular weight is 337 g/mol. The molecule has 1 N–H and O–H groups in total. The van der Waals surface area contributed by atoms with Gasteiger partial charge in [-0.3, -0.25) is 4.57 Å². The zero-order valence-corrected chi connectivity index (χ0v) is 14.3. The Morgan fingerprint density at radius 1 is 1.08 bits per heavy atom. The number of nitrogens with zero attached hydrogens (tertiary/aromatic N) is 1. The Bertz CT molecular complexity index is 999. The van der Waals surface area contributed by atoms with Gasteiger partial charge in [0, 0.05) is 27.4 Å². The topological polar surface area (TPSA) is 34.4 Å². The third-order valence-electron chi connectivity index (χ3n) is 4.24. The van der Waals surface area contributed by atoms with E-state index in [1.165, 1.54) is 10.1 Å². The standard InChI is InChI=1S/C20H19NO2S/c1-2-3-9-23-17-6-4-15-13-21(20(22)18(15)12-17)16-5-7-19-14(11-16)8-10-24-19/h4-8,10-13,22H,2-3,9H2,1H3. The van der Waals surface area contributed by atoms with Crippen LogP contribution < -0.4 is 4.74 Å². The quantitative estimate of drug-likeness (QED) is 0.472. The van der Waals surface area contributed by atoms with Gasteiger partial charge in [-0.15, -0.1) is 11.3 Å². The fourth-order valence-electron chi connectivity index (χ4n) is 2.90. The molecule has 4 rings (SSSR count). The first-order valence-corrected chi connectivity index (χ1v) is 9.09. The molecule has 4 heteroatoms. The van der Waals surface area contributed by atoms with Crippen LogP contribution in [0.1, 0.15) is 19.8 Å². The molecular weight excluding hydrogens is 318 g/mol. The molecule has 0 fully saturated rings. The first kappa shape index (κ1) is 15.1. The number of hydrogen-bond donors (Lipinski definition) is 1. The highest BCUT2D eigenvalue weighted by atomic mass is 32.1. The van der Waals surface area contributed by atoms with E-state index in [0.29, 0.717) is 6.61 Å². The lowest BCUT2D eigenvalue weighted by Gasteiger charge is -2.06. The second-order valence-electron chi connectivity index (χ2n) is 5.92. The molecule has 0 saturated heterocycles. The highest BCUT2D eigenvalue weighted by molar-refractivity contribution is 7.17. The zero-order valence-electron chi connectivity index (χ0n) is 13.5. The van der Waals surface area contributed by atoms with Gasteiger partial charge in [0.1, 0.15) is 5.75 Å². The second kappa shape index (κ2) is 6.21. The summed E-state index contributed by atoms with van der Waals surface area (Å²) in [5, 5.41) is 15.8. The van der Waals surface area contributed by atoms with Crippen molar-refractivity contribution in [2.24, 2.45) is 0 Å². The largest absolute Gasteiger partial charge is 0.494 e. The molecular formula is C20H19NO2S. The Kier molecular flexibility index (Phi) is 3.90. The molecule has 0 aliphatic carbocycles. The normalized spacial score (nSPS) is 11.4. The molecule has 0 bridgehead atoms. The molecule has 2 heterocycles. The van der Waals surface area contributed by atoms with Crippen molar-refractivity contribution in [2.45, 2.75) is 19.8 Å². The van der Waals surface area contributed by atoms with E-state index in [0.717, 1.165) is 35.1 Å². The molecule has 0 aliphatic heterocycles. The van der Waals surface area contributed by atoms with Crippen LogP contribution in [-0.4, -0.2) is 16.3 Å². The predicted octanol–water partition coefficient (Wildman–Crippen LogP) is 5.73. The lowest BCUT2D eigenvalue weighted by atomic mass is 10.2. The molecule has 122 valence electrons. The summed E-state index contributed by atoms with van der Waals surface area (Å²) in [5.41, 5.74) is 0.961. The highest BCUT2D eigenvalue weighted by Gasteiger charge is 2.11. The maximum absolute atomic E-state index is 10.7. The summed E-state index contributed by atoms with van der Waals surface area (Å²) in [7, 11) is 0. The summed E-state index contributed by atoms with van der Waals surface area (Å²) < 4.78 is 8.84. The van der Waals surface area contributed by atoms with Crippen LogP contribution in [-0.2, 0) is 0 Å². The minimum absolute atomic E-state index is 0.250. The Morgan fingerprint density at radius 2 is 2.00 bits per heavy atom. The van der Waals surface area contributed by atoms with Gasteiger partial charge in [-0.1, -0.05) is 13.3 Å². The molecule has 4 aromatic rings. The minimum atomic E-state index is 0.250. The van der Waals surface area contributed by atoms with E-state index >= 15 is 0 Å². The van der Waals surface area contributed by atoms with Crippen LogP contribution >= 0.6 is 11.3 Å². The lowest BCUT2D eigenvalue weighted by Crippen LogP contribution is -1.95. The summed E-state index contributed by atoms with van der Waals surface area (Å²) in [6.45, 7) is 2.85. The van der Waals surface area contributed by atoms with E-state index in [2.05, 4.69) is 30.5 Å². The molecule has 0 saturated carbocycles. The number of benzene rings is 2. The molecule has 0 aliphatic rings. The van der Waals surface area contributed by atoms with E-state index in [-0.39, 0.29) is 5.88 Å². The molecule has 24 heavy (non-hydrogen) atoms. The van der Waals surface area contributed by atoms with Crippen molar-refractivity contribution in [2.75, 3.05) is 6.61 Å². The first-order valence-electron chi connectivity index (χ1n) is 8.21. The molecule has 0 unspecified atom stereocenters. The van der Waals surface area contributed by atoms with Crippen molar-refractivity contribution in [3.05, 3.63) is 54.0 Å². The van der Waals surface area contributed by atoms with Crippen molar-refractivity contribution in [1.82, 2.24) is 4.57 Å². The SMILES string of the molecule is CCCCOc1ccc2cn(-c3ccc4sccc4c3)c(O)c2c1. The third-order valence-corrected chi connectivity index (χ3v) is 5.14. The third kappa shape index (κ3) is 2.63. The van der Waals surface area contributed by atoms with Crippen molar-refractivity contribution in [3.63, 3.8) is 0 Å². The van der Waals surface area contributed by atoms with Crippen LogP contribution in [0.15, 0.2) is 54.0 Å². The summed E-state index contributed by atoms with van der Waals surface area (Å²) in [5.74, 6) is 1.05. The van der Waals surface area contributed by atoms with E-state index < -0.39 is 0 Å². The molecule has 0 radical (unpaired) electrons. The number of fused-ring (bicyclic) bond motifs is 2. The fraction of sp³-hybridized carbons (Fsp3) is 0.200. The van der Waals surface area contributed by atoms with Crippen LogP contribution in [0.4, 0.5) is 0 Å². The molecule has 0 spiro atoms. The second-order valence-corrected chi connectivity index (χ2v) is 6.86. The smallest absolute Gasteiger partial charge is 0.203 e. The van der Waals surface area contributed by atoms with Gasteiger partial charge in [0.25, 0.3) is 0 Å². The van der Waals surface area contributed by atoms with Crippen molar-refractivity contribution in [1.29, 1.82) is 0 Å². The van der Waals surface area contributed by atoms with Gasteiger partial charge >= 0.3 is 0 Å². The van der Waals surface area contributed by atoms with E-state index in [1.54, 1.807) is 11.3 Å². The Morgan fingerprint density at radius 3 is 2.88 bits per heavy atom. The van der Waals surface area contributed by atoms with Gasteiger partial charge in [0.15, 0.2) is 0 Å². The van der Waals surface area contributed by atoms with Gasteiger partial charge in [0.2, 0.25) is 5.88 Å². The van der Waals surface area contributed by atoms with Crippen molar-refractivity contribution >= 4 is 32.2 Å². The van der Waals surface area contributed by atoms with Crippen LogP contribution in [0.5, 0.6) is 11.6 Å². The molecule has 2 aromatic heterocycles. The van der Waals surface area contributed by atoms with Gasteiger partial charge in [-0.25, -0.2) is 0 Å². The molecule has 0 atom stereocenters. The van der Waals surface area contributed by atoms with Crippen molar-refractivity contribution in [3.8, 4) is 17.3 Å². The predicted molar refractivity (Wildman–Crippen MR) is 101 cm³/mol. The maximum Gasteiger partial charge on any atom is 0.203 e. The van der Waals surface area contributed by atoms with Gasteiger partial charge in [0.05, 0.1) is 6.61 Å². The maximum atomic E-state index is 10.7. The van der Waals surface area contributed by atoms with Crippen molar-refractivity contribution < 1.29 is 9.84 Å². The van der Waals surface area contributed by atoms with Crippen LogP contribution in [0.3, 0.4) is 0 Å². The van der Waals surface area contributed by atoms with E-state index in [4.69, 9.17) is 4.74 Å². The first-order chi connectivity index (χ1) is 11.8. The number of thiophene rings is 1. The monoisotopic (exact) mass is 337 g/mol. The minimum Gasteiger partial charge on any atom is -0.494 e. The van der Waals surface area contributed by atoms with Gasteiger partial charge in [-0.2, -0.15) is 0 Å². The summed E-state index contributed by atoms with van der Waals surface area (Å²) >= 11 is 1.72. The Balaban J connectivity index is 1.74. The Hall–Kier alpha value is -2.46. The Labute approximate surface area is 144 Å². The molecule has 0 amide bonds. The number of hydrogen-bond acceptors (Lipinski definition) is 3. The fourth-order valence-corrected chi connectivity index (χ4v) is 3.67.